The predicted octanol–water partition coefficient (Wildman–Crippen LogP) is 3.43. The molecular weight excluding hydrogens is 470 g/mol. The first-order valence-corrected chi connectivity index (χ1v) is 13.7. The van der Waals surface area contributed by atoms with Gasteiger partial charge in [0.25, 0.3) is 0 Å². The van der Waals surface area contributed by atoms with Crippen molar-refractivity contribution in [2.45, 2.75) is 84.7 Å². The maximum absolute atomic E-state index is 14.4. The van der Waals surface area contributed by atoms with E-state index in [1.165, 1.54) is 0 Å². The van der Waals surface area contributed by atoms with Gasteiger partial charge in [0.05, 0.1) is 17.6 Å². The summed E-state index contributed by atoms with van der Waals surface area (Å²) in [6, 6.07) is 2.22. The van der Waals surface area contributed by atoms with Crippen LogP contribution in [0.25, 0.3) is 0 Å². The van der Waals surface area contributed by atoms with E-state index in [2.05, 4.69) is 18.4 Å². The Hall–Kier alpha value is -2.22. The van der Waals surface area contributed by atoms with Crippen LogP contribution in [0, 0.1) is 48.3 Å². The Labute approximate surface area is 218 Å². The second kappa shape index (κ2) is 7.67. The fraction of sp³-hybridized carbons (Fsp3) is 0.667. The Balaban J connectivity index is 1.44. The van der Waals surface area contributed by atoms with Crippen LogP contribution >= 0.6 is 0 Å². The van der Waals surface area contributed by atoms with Crippen LogP contribution in [-0.2, 0) is 9.53 Å². The van der Waals surface area contributed by atoms with Gasteiger partial charge < -0.3 is 24.6 Å². The summed E-state index contributed by atoms with van der Waals surface area (Å²) in [7, 11) is 0. The number of aliphatic hydroxyl groups is 3. The second-order valence-electron chi connectivity index (χ2n) is 13.0. The number of hydrogen-bond acceptors (Lipinski definition) is 6. The van der Waals surface area contributed by atoms with Crippen molar-refractivity contribution in [3.63, 3.8) is 0 Å². The number of hydrogen-bond donors (Lipinski definition) is 3. The van der Waals surface area contributed by atoms with E-state index in [0.29, 0.717) is 23.1 Å². The van der Waals surface area contributed by atoms with Gasteiger partial charge in [-0.25, -0.2) is 4.79 Å². The number of allylic oxidation sites excluding steroid dienone is 1. The Morgan fingerprint density at radius 2 is 1.89 bits per heavy atom. The van der Waals surface area contributed by atoms with Gasteiger partial charge >= 0.3 is 5.97 Å². The standard InChI is InChI=1S/C30H39NO6/c1-14-12-29-15(2)9-22-23(28(22,5)6)21(25(29)34)11-18(13-32)24(33)30(29,36)26(14)37-27(35)20-10-16(3)31(17(20)4)19-7-8-19/h10-12,15,19,21-24,26,32-33,36H,7-9,13H2,1-6H3/t15?,21-,22+,23-,24+,26-,29?,30-/m0/s1. The van der Waals surface area contributed by atoms with Crippen LogP contribution in [0.4, 0.5) is 0 Å². The van der Waals surface area contributed by atoms with Gasteiger partial charge in [-0.1, -0.05) is 32.9 Å². The van der Waals surface area contributed by atoms with Crippen molar-refractivity contribution >= 4 is 11.8 Å². The molecule has 0 aliphatic heterocycles. The molecule has 3 fully saturated rings. The number of aromatic nitrogens is 1. The zero-order valence-corrected chi connectivity index (χ0v) is 22.6. The molecule has 2 unspecified atom stereocenters. The highest BCUT2D eigenvalue weighted by molar-refractivity contribution is 5.96. The van der Waals surface area contributed by atoms with Crippen LogP contribution in [-0.4, -0.2) is 56.1 Å². The third-order valence-electron chi connectivity index (χ3n) is 10.7. The number of carbonyl (C=O) groups is 2. The van der Waals surface area contributed by atoms with Gasteiger partial charge in [-0.2, -0.15) is 0 Å². The lowest BCUT2D eigenvalue weighted by Crippen LogP contribution is -2.65. The number of ether oxygens (including phenoxy) is 1. The van der Waals surface area contributed by atoms with E-state index in [1.54, 1.807) is 19.1 Å². The largest absolute Gasteiger partial charge is 0.451 e. The minimum atomic E-state index is -2.12. The van der Waals surface area contributed by atoms with E-state index in [1.807, 2.05) is 26.8 Å². The predicted molar refractivity (Wildman–Crippen MR) is 137 cm³/mol. The molecule has 0 radical (unpaired) electrons. The van der Waals surface area contributed by atoms with Crippen molar-refractivity contribution < 1.29 is 29.6 Å². The molecule has 6 rings (SSSR count). The first kappa shape index (κ1) is 25.1. The van der Waals surface area contributed by atoms with E-state index in [9.17, 15) is 24.9 Å². The van der Waals surface area contributed by atoms with Gasteiger partial charge in [0.15, 0.2) is 17.5 Å². The lowest BCUT2D eigenvalue weighted by molar-refractivity contribution is -0.190. The van der Waals surface area contributed by atoms with E-state index in [0.717, 1.165) is 30.7 Å². The molecule has 1 spiro atoms. The molecule has 7 heteroatoms. The topological polar surface area (TPSA) is 109 Å². The number of ketones is 1. The van der Waals surface area contributed by atoms with Crippen LogP contribution in [0.15, 0.2) is 29.4 Å². The fourth-order valence-electron chi connectivity index (χ4n) is 8.64. The van der Waals surface area contributed by atoms with Crippen LogP contribution in [0.1, 0.15) is 74.7 Å². The van der Waals surface area contributed by atoms with Gasteiger partial charge in [-0.3, -0.25) is 4.79 Å². The molecule has 1 heterocycles. The first-order valence-electron chi connectivity index (χ1n) is 13.7. The summed E-state index contributed by atoms with van der Waals surface area (Å²) in [5.41, 5.74) is -0.558. The molecule has 3 N–H and O–H groups in total. The van der Waals surface area contributed by atoms with Crippen LogP contribution in [0.2, 0.25) is 0 Å². The van der Waals surface area contributed by atoms with E-state index >= 15 is 0 Å². The molecule has 8 atom stereocenters. The van der Waals surface area contributed by atoms with Crippen molar-refractivity contribution in [2.75, 3.05) is 6.61 Å². The number of nitrogens with zero attached hydrogens (tertiary/aromatic N) is 1. The zero-order valence-electron chi connectivity index (χ0n) is 22.6. The Morgan fingerprint density at radius 1 is 1.22 bits per heavy atom. The summed E-state index contributed by atoms with van der Waals surface area (Å²) >= 11 is 0. The van der Waals surface area contributed by atoms with Crippen molar-refractivity contribution in [2.24, 2.45) is 34.5 Å². The van der Waals surface area contributed by atoms with Gasteiger partial charge in [0.2, 0.25) is 0 Å². The molecule has 37 heavy (non-hydrogen) atoms. The maximum Gasteiger partial charge on any atom is 0.340 e. The lowest BCUT2D eigenvalue weighted by atomic mass is 9.59. The maximum atomic E-state index is 14.4. The fourth-order valence-corrected chi connectivity index (χ4v) is 8.64. The Kier molecular flexibility index (Phi) is 5.20. The molecule has 3 saturated carbocycles. The number of Topliss-reactive ketones (excluding diaryl/α,β-unsaturated/α-hetero) is 1. The van der Waals surface area contributed by atoms with Gasteiger partial charge in [0.1, 0.15) is 6.10 Å². The monoisotopic (exact) mass is 509 g/mol. The summed E-state index contributed by atoms with van der Waals surface area (Å²) < 4.78 is 8.22. The van der Waals surface area contributed by atoms with Crippen molar-refractivity contribution in [3.8, 4) is 0 Å². The summed E-state index contributed by atoms with van der Waals surface area (Å²) in [6.07, 6.45) is 3.58. The van der Waals surface area contributed by atoms with Crippen molar-refractivity contribution in [3.05, 3.63) is 46.3 Å². The summed E-state index contributed by atoms with van der Waals surface area (Å²) in [5, 5.41) is 34.5. The second-order valence-corrected chi connectivity index (χ2v) is 13.0. The molecule has 5 aliphatic rings. The van der Waals surface area contributed by atoms with Crippen molar-refractivity contribution in [1.82, 2.24) is 4.57 Å². The molecule has 5 aliphatic carbocycles. The zero-order chi connectivity index (χ0) is 26.8. The highest BCUT2D eigenvalue weighted by atomic mass is 16.6. The number of rotatable bonds is 4. The molecule has 0 aromatic carbocycles. The highest BCUT2D eigenvalue weighted by Gasteiger charge is 2.76. The highest BCUT2D eigenvalue weighted by Crippen LogP contribution is 2.71. The van der Waals surface area contributed by atoms with E-state index in [-0.39, 0.29) is 28.6 Å². The Bertz CT molecular complexity index is 1270. The van der Waals surface area contributed by atoms with E-state index in [4.69, 9.17) is 4.74 Å². The quantitative estimate of drug-likeness (QED) is 0.424. The number of esters is 1. The lowest BCUT2D eigenvalue weighted by Gasteiger charge is -2.48. The minimum Gasteiger partial charge on any atom is -0.451 e. The van der Waals surface area contributed by atoms with Gasteiger partial charge in [-0.15, -0.1) is 0 Å². The number of aliphatic hydroxyl groups excluding tert-OH is 2. The normalized spacial score (nSPS) is 41.7. The van der Waals surface area contributed by atoms with Crippen molar-refractivity contribution in [1.29, 1.82) is 0 Å². The molecule has 0 saturated heterocycles. The molecule has 200 valence electrons. The average Bonchev–Trinajstić information content (AvgIpc) is 3.72. The van der Waals surface area contributed by atoms with Crippen LogP contribution in [0.3, 0.4) is 0 Å². The Morgan fingerprint density at radius 3 is 2.51 bits per heavy atom. The third kappa shape index (κ3) is 2.99. The third-order valence-corrected chi connectivity index (χ3v) is 10.7. The molecule has 0 amide bonds. The molecule has 7 nitrogen and oxygen atoms in total. The van der Waals surface area contributed by atoms with Gasteiger partial charge in [-0.05, 0) is 80.4 Å². The smallest absolute Gasteiger partial charge is 0.340 e. The molecular formula is C30H39NO6. The van der Waals surface area contributed by atoms with Crippen LogP contribution < -0.4 is 0 Å². The summed E-state index contributed by atoms with van der Waals surface area (Å²) in [5.74, 6) is -1.15. The SMILES string of the molecule is CC1=CC23C(=O)[C@@H](C=C(CO)[C@@H](O)[C@]2(O)[C@H]1OC(=O)c1cc(C)n(C2CC2)c1C)[C@H]1[C@@H](CC3C)C1(C)C. The molecule has 2 bridgehead atoms. The number of fused-ring (bicyclic) bond motifs is 3. The van der Waals surface area contributed by atoms with Crippen LogP contribution in [0.5, 0.6) is 0 Å². The number of carbonyl (C=O) groups excluding carboxylic acids is 2. The first-order chi connectivity index (χ1) is 17.3. The number of aryl methyl sites for hydroxylation is 1. The average molecular weight is 510 g/mol. The van der Waals surface area contributed by atoms with E-state index < -0.39 is 41.7 Å². The minimum absolute atomic E-state index is 0.0337. The molecule has 1 aromatic rings. The summed E-state index contributed by atoms with van der Waals surface area (Å²) in [4.78, 5) is 28.0. The summed E-state index contributed by atoms with van der Waals surface area (Å²) in [6.45, 7) is 11.4. The molecule has 1 aromatic heterocycles. The van der Waals surface area contributed by atoms with Gasteiger partial charge in [0, 0.05) is 23.3 Å².